The van der Waals surface area contributed by atoms with Gasteiger partial charge in [0.05, 0.1) is 18.4 Å². The van der Waals surface area contributed by atoms with Gasteiger partial charge in [0.15, 0.2) is 0 Å². The minimum atomic E-state index is -3.88. The summed E-state index contributed by atoms with van der Waals surface area (Å²) < 4.78 is 40.0. The number of allylic oxidation sites excluding steroid dienone is 1. The molecule has 5 aliphatic rings. The lowest BCUT2D eigenvalue weighted by atomic mass is 9.83. The standard InChI is InChI=1S/C40H50N4O8S/c1-3-28-23-40(28,38(47)43-53(49,50)30-18-19-30)42-36(45)32-22-29-24-44(32)37(46)35(27-14-7-4-8-15-27)41-39(48)51-21-11-5-6-12-25(2)34-31-16-10-9-13-26(31)17-20-33(34)52-29/h3,9-10,13,16-17,20,27-30,32,35H,1-2,4-8,11-12,14-15,18-19,21-24H2,(H,41,48)(H,42,45)(H,43,47)/t28-,29+,32-,35-,40+/m0/s1. The first-order chi connectivity index (χ1) is 25.5. The molecule has 2 heterocycles. The van der Waals surface area contributed by atoms with Gasteiger partial charge in [0.25, 0.3) is 5.91 Å². The van der Waals surface area contributed by atoms with Crippen LogP contribution in [0.25, 0.3) is 16.3 Å². The SMILES string of the molecule is C=C[C@H]1C[C@]1(NC(=O)[C@@H]1C[C@@H]2CN1C(=O)[C@H](C1CCCCC1)NC(=O)OCCCCCC(=C)c1c(ccc3ccccc13)O2)C(=O)NS(=O)(=O)C1CC1. The van der Waals surface area contributed by atoms with Gasteiger partial charge in [-0.05, 0) is 86.1 Å². The maximum Gasteiger partial charge on any atom is 0.407 e. The van der Waals surface area contributed by atoms with E-state index in [2.05, 4.69) is 28.5 Å². The van der Waals surface area contributed by atoms with Gasteiger partial charge in [-0.25, -0.2) is 13.2 Å². The van der Waals surface area contributed by atoms with Crippen LogP contribution < -0.4 is 20.1 Å². The number of cyclic esters (lactones) is 1. The second-order valence-corrected chi connectivity index (χ2v) is 17.4. The second-order valence-electron chi connectivity index (χ2n) is 15.4. The highest BCUT2D eigenvalue weighted by Crippen LogP contribution is 2.46. The number of rotatable bonds is 7. The zero-order valence-corrected chi connectivity index (χ0v) is 31.0. The lowest BCUT2D eigenvalue weighted by Gasteiger charge is -2.34. The Hall–Kier alpha value is -4.39. The first kappa shape index (κ1) is 36.9. The van der Waals surface area contributed by atoms with E-state index >= 15 is 0 Å². The van der Waals surface area contributed by atoms with Crippen molar-refractivity contribution >= 4 is 50.2 Å². The molecule has 2 aromatic carbocycles. The average molecular weight is 747 g/mol. The molecular formula is C40H50N4O8S. The molecule has 3 aliphatic carbocycles. The van der Waals surface area contributed by atoms with E-state index in [1.165, 1.54) is 11.0 Å². The lowest BCUT2D eigenvalue weighted by Crippen LogP contribution is -2.59. The fraction of sp³-hybridized carbons (Fsp3) is 0.550. The number of nitrogens with zero attached hydrogens (tertiary/aromatic N) is 1. The van der Waals surface area contributed by atoms with Gasteiger partial charge in [-0.1, -0.05) is 62.2 Å². The highest BCUT2D eigenvalue weighted by molar-refractivity contribution is 7.91. The summed E-state index contributed by atoms with van der Waals surface area (Å²) in [7, 11) is -3.88. The van der Waals surface area contributed by atoms with Crippen LogP contribution in [0.3, 0.4) is 0 Å². The van der Waals surface area contributed by atoms with Crippen molar-refractivity contribution in [3.05, 3.63) is 61.2 Å². The third kappa shape index (κ3) is 7.81. The number of benzene rings is 2. The molecule has 1 saturated heterocycles. The van der Waals surface area contributed by atoms with Crippen LogP contribution in [-0.2, 0) is 29.1 Å². The summed E-state index contributed by atoms with van der Waals surface area (Å²) in [4.78, 5) is 57.3. The minimum absolute atomic E-state index is 0.0513. The summed E-state index contributed by atoms with van der Waals surface area (Å²) >= 11 is 0. The first-order valence-electron chi connectivity index (χ1n) is 19.1. The summed E-state index contributed by atoms with van der Waals surface area (Å²) in [6, 6.07) is 9.91. The molecule has 53 heavy (non-hydrogen) atoms. The predicted octanol–water partition coefficient (Wildman–Crippen LogP) is 5.12. The van der Waals surface area contributed by atoms with Crippen molar-refractivity contribution in [3.8, 4) is 5.75 Å². The Bertz CT molecular complexity index is 1900. The van der Waals surface area contributed by atoms with Gasteiger partial charge in [0.2, 0.25) is 21.8 Å². The van der Waals surface area contributed by atoms with E-state index in [9.17, 15) is 27.6 Å². The quantitative estimate of drug-likeness (QED) is 0.330. The van der Waals surface area contributed by atoms with Crippen molar-refractivity contribution in [2.45, 2.75) is 112 Å². The molecular weight excluding hydrogens is 697 g/mol. The van der Waals surface area contributed by atoms with E-state index in [-0.39, 0.29) is 31.9 Å². The van der Waals surface area contributed by atoms with Gasteiger partial charge < -0.3 is 25.0 Å². The molecule has 0 unspecified atom stereocenters. The number of fused-ring (bicyclic) bond motifs is 5. The highest BCUT2D eigenvalue weighted by Gasteiger charge is 2.62. The van der Waals surface area contributed by atoms with Crippen LogP contribution in [0, 0.1) is 11.8 Å². The Morgan fingerprint density at radius 3 is 2.47 bits per heavy atom. The van der Waals surface area contributed by atoms with Crippen molar-refractivity contribution in [3.63, 3.8) is 0 Å². The number of amides is 4. The Labute approximate surface area is 311 Å². The van der Waals surface area contributed by atoms with Crippen LogP contribution >= 0.6 is 0 Å². The number of nitrogens with one attached hydrogen (secondary N) is 3. The smallest absolute Gasteiger partial charge is 0.407 e. The Kier molecular flexibility index (Phi) is 10.6. The molecule has 3 N–H and O–H groups in total. The Balaban J connectivity index is 1.22. The van der Waals surface area contributed by atoms with E-state index in [1.807, 2.05) is 36.4 Å². The second kappa shape index (κ2) is 15.2. The topological polar surface area (TPSA) is 160 Å². The monoisotopic (exact) mass is 746 g/mol. The van der Waals surface area contributed by atoms with Crippen molar-refractivity contribution in [1.82, 2.24) is 20.3 Å². The maximum atomic E-state index is 14.7. The molecule has 12 nitrogen and oxygen atoms in total. The molecule has 2 aromatic rings. The van der Waals surface area contributed by atoms with E-state index in [0.29, 0.717) is 31.4 Å². The lowest BCUT2D eigenvalue weighted by molar-refractivity contribution is -0.142. The zero-order chi connectivity index (χ0) is 37.3. The van der Waals surface area contributed by atoms with Crippen LogP contribution in [0.1, 0.15) is 89.0 Å². The maximum absolute atomic E-state index is 14.7. The summed E-state index contributed by atoms with van der Waals surface area (Å²) in [5, 5.41) is 7.12. The minimum Gasteiger partial charge on any atom is -0.488 e. The van der Waals surface area contributed by atoms with Gasteiger partial charge >= 0.3 is 6.09 Å². The highest BCUT2D eigenvalue weighted by atomic mass is 32.2. The van der Waals surface area contributed by atoms with Crippen LogP contribution in [0.5, 0.6) is 5.75 Å². The number of hydrogen-bond acceptors (Lipinski definition) is 8. The van der Waals surface area contributed by atoms with Gasteiger partial charge in [0, 0.05) is 17.9 Å². The molecule has 2 aliphatic heterocycles. The molecule has 5 atom stereocenters. The number of hydrogen-bond donors (Lipinski definition) is 3. The van der Waals surface area contributed by atoms with Crippen LogP contribution in [0.2, 0.25) is 0 Å². The molecule has 4 fully saturated rings. The number of sulfonamides is 1. The van der Waals surface area contributed by atoms with Crippen LogP contribution in [-0.4, -0.2) is 79.3 Å². The summed E-state index contributed by atoms with van der Waals surface area (Å²) in [6.07, 6.45) is 8.83. The summed E-state index contributed by atoms with van der Waals surface area (Å²) in [5.74, 6) is -1.87. The van der Waals surface area contributed by atoms with Crippen molar-refractivity contribution in [1.29, 1.82) is 0 Å². The predicted molar refractivity (Wildman–Crippen MR) is 200 cm³/mol. The van der Waals surface area contributed by atoms with Gasteiger partial charge in [-0.3, -0.25) is 19.1 Å². The fourth-order valence-corrected chi connectivity index (χ4v) is 9.76. The summed E-state index contributed by atoms with van der Waals surface area (Å²) in [5.41, 5.74) is 0.261. The first-order valence-corrected chi connectivity index (χ1v) is 20.7. The molecule has 7 rings (SSSR count). The largest absolute Gasteiger partial charge is 0.488 e. The Morgan fingerprint density at radius 1 is 0.981 bits per heavy atom. The van der Waals surface area contributed by atoms with Crippen molar-refractivity contribution in [2.24, 2.45) is 11.8 Å². The van der Waals surface area contributed by atoms with E-state index in [0.717, 1.165) is 66.9 Å². The molecule has 4 amide bonds. The fourth-order valence-electron chi connectivity index (χ4n) is 8.39. The molecule has 284 valence electrons. The molecule has 2 bridgehead atoms. The van der Waals surface area contributed by atoms with E-state index < -0.39 is 68.7 Å². The van der Waals surface area contributed by atoms with Crippen LogP contribution in [0.4, 0.5) is 4.79 Å². The average Bonchev–Trinajstić information content (AvgIpc) is 4.08. The number of carbonyl (C=O) groups is 4. The molecule has 0 aromatic heterocycles. The molecule has 13 heteroatoms. The van der Waals surface area contributed by atoms with Gasteiger partial charge in [-0.15, -0.1) is 6.58 Å². The van der Waals surface area contributed by atoms with Crippen LogP contribution in [0.15, 0.2) is 55.6 Å². The number of alkyl carbamates (subject to hydrolysis) is 1. The molecule has 0 spiro atoms. The van der Waals surface area contributed by atoms with Gasteiger partial charge in [0.1, 0.15) is 29.5 Å². The third-order valence-electron chi connectivity index (χ3n) is 11.7. The number of ether oxygens (including phenoxy) is 2. The van der Waals surface area contributed by atoms with Crippen molar-refractivity contribution < 1.29 is 37.1 Å². The summed E-state index contributed by atoms with van der Waals surface area (Å²) in [6.45, 7) is 8.50. The van der Waals surface area contributed by atoms with Gasteiger partial charge in [-0.2, -0.15) is 0 Å². The Morgan fingerprint density at radius 2 is 1.74 bits per heavy atom. The molecule has 0 radical (unpaired) electrons. The van der Waals surface area contributed by atoms with Crippen molar-refractivity contribution in [2.75, 3.05) is 13.2 Å². The number of carbonyl (C=O) groups excluding carboxylic acids is 4. The normalized spacial score (nSPS) is 28.8. The third-order valence-corrected chi connectivity index (χ3v) is 13.5. The molecule has 3 saturated carbocycles. The zero-order valence-electron chi connectivity index (χ0n) is 30.1. The van der Waals surface area contributed by atoms with E-state index in [4.69, 9.17) is 9.47 Å². The van der Waals surface area contributed by atoms with E-state index in [1.54, 1.807) is 0 Å².